The molecule has 1 aromatic rings. The Balaban J connectivity index is 3.10. The highest BCUT2D eigenvalue weighted by molar-refractivity contribution is 6.31. The van der Waals surface area contributed by atoms with Gasteiger partial charge in [-0.25, -0.2) is 0 Å². The van der Waals surface area contributed by atoms with Crippen LogP contribution < -0.4 is 5.73 Å². The van der Waals surface area contributed by atoms with Crippen LogP contribution in [0.15, 0.2) is 18.2 Å². The molecule has 1 nitrogen and oxygen atoms in total. The molecule has 84 valence electrons. The van der Waals surface area contributed by atoms with E-state index in [4.69, 9.17) is 17.3 Å². The summed E-state index contributed by atoms with van der Waals surface area (Å²) in [4.78, 5) is 0. The first-order chi connectivity index (χ1) is 6.89. The molecule has 0 aliphatic heterocycles. The first kappa shape index (κ1) is 12.5. The van der Waals surface area contributed by atoms with Gasteiger partial charge in [0.1, 0.15) is 0 Å². The Kier molecular flexibility index (Phi) is 3.80. The Labute approximate surface area is 97.6 Å². The van der Waals surface area contributed by atoms with Crippen molar-refractivity contribution in [3.8, 4) is 0 Å². The molecule has 0 fully saturated rings. The maximum absolute atomic E-state index is 6.35. The SMILES string of the molecule is CCC(C)C(C)(N)c1ccc(C)c(Cl)c1. The number of hydrogen-bond donors (Lipinski definition) is 1. The average molecular weight is 226 g/mol. The first-order valence-electron chi connectivity index (χ1n) is 5.45. The normalized spacial score (nSPS) is 17.2. The van der Waals surface area contributed by atoms with Gasteiger partial charge in [0.2, 0.25) is 0 Å². The van der Waals surface area contributed by atoms with Crippen LogP contribution in [0.3, 0.4) is 0 Å². The molecule has 0 radical (unpaired) electrons. The summed E-state index contributed by atoms with van der Waals surface area (Å²) in [6.07, 6.45) is 1.07. The monoisotopic (exact) mass is 225 g/mol. The zero-order valence-electron chi connectivity index (χ0n) is 9.97. The van der Waals surface area contributed by atoms with Gasteiger partial charge < -0.3 is 5.73 Å². The number of halogens is 1. The molecule has 15 heavy (non-hydrogen) atoms. The minimum atomic E-state index is -0.300. The molecule has 0 aromatic heterocycles. The molecular weight excluding hydrogens is 206 g/mol. The zero-order valence-corrected chi connectivity index (χ0v) is 10.7. The molecule has 0 spiro atoms. The van der Waals surface area contributed by atoms with Crippen molar-refractivity contribution in [2.75, 3.05) is 0 Å². The van der Waals surface area contributed by atoms with Gasteiger partial charge in [-0.3, -0.25) is 0 Å². The number of aryl methyl sites for hydroxylation is 1. The Morgan fingerprint density at radius 1 is 1.47 bits per heavy atom. The lowest BCUT2D eigenvalue weighted by molar-refractivity contribution is 0.316. The van der Waals surface area contributed by atoms with Gasteiger partial charge in [0.25, 0.3) is 0 Å². The van der Waals surface area contributed by atoms with E-state index in [0.29, 0.717) is 5.92 Å². The third-order valence-electron chi connectivity index (χ3n) is 3.43. The van der Waals surface area contributed by atoms with Gasteiger partial charge in [-0.2, -0.15) is 0 Å². The standard InChI is InChI=1S/C13H20ClN/c1-5-10(3)13(4,15)11-7-6-9(2)12(14)8-11/h6-8,10H,5,15H2,1-4H3. The lowest BCUT2D eigenvalue weighted by atomic mass is 9.80. The molecule has 0 aliphatic rings. The van der Waals surface area contributed by atoms with Crippen molar-refractivity contribution in [3.63, 3.8) is 0 Å². The first-order valence-corrected chi connectivity index (χ1v) is 5.83. The smallest absolute Gasteiger partial charge is 0.0438 e. The largest absolute Gasteiger partial charge is 0.321 e. The number of benzene rings is 1. The summed E-state index contributed by atoms with van der Waals surface area (Å²) in [5.74, 6) is 0.441. The van der Waals surface area contributed by atoms with Crippen LogP contribution in [0, 0.1) is 12.8 Å². The second-order valence-corrected chi connectivity index (χ2v) is 4.96. The Hall–Kier alpha value is -0.530. The molecule has 0 aliphatic carbocycles. The maximum Gasteiger partial charge on any atom is 0.0438 e. The maximum atomic E-state index is 6.35. The van der Waals surface area contributed by atoms with Crippen molar-refractivity contribution in [3.05, 3.63) is 34.3 Å². The van der Waals surface area contributed by atoms with E-state index >= 15 is 0 Å². The molecule has 2 atom stereocenters. The fourth-order valence-electron chi connectivity index (χ4n) is 1.64. The molecule has 0 heterocycles. The summed E-state index contributed by atoms with van der Waals surface area (Å²) < 4.78 is 0. The molecule has 0 bridgehead atoms. The van der Waals surface area contributed by atoms with Crippen LogP contribution in [0.25, 0.3) is 0 Å². The van der Waals surface area contributed by atoms with Crippen molar-refractivity contribution in [2.45, 2.75) is 39.7 Å². The van der Waals surface area contributed by atoms with Crippen molar-refractivity contribution in [1.82, 2.24) is 0 Å². The van der Waals surface area contributed by atoms with Crippen LogP contribution in [0.5, 0.6) is 0 Å². The molecule has 0 saturated heterocycles. The van der Waals surface area contributed by atoms with E-state index in [1.54, 1.807) is 0 Å². The lowest BCUT2D eigenvalue weighted by Crippen LogP contribution is -2.39. The molecule has 2 N–H and O–H groups in total. The van der Waals surface area contributed by atoms with Crippen LogP contribution in [0.2, 0.25) is 5.02 Å². The second kappa shape index (κ2) is 4.54. The Morgan fingerprint density at radius 2 is 2.07 bits per heavy atom. The molecule has 2 heteroatoms. The van der Waals surface area contributed by atoms with E-state index in [1.807, 2.05) is 19.1 Å². The van der Waals surface area contributed by atoms with Gasteiger partial charge in [0.05, 0.1) is 0 Å². The van der Waals surface area contributed by atoms with E-state index in [1.165, 1.54) is 0 Å². The van der Waals surface area contributed by atoms with E-state index in [-0.39, 0.29) is 5.54 Å². The minimum absolute atomic E-state index is 0.300. The third kappa shape index (κ3) is 2.53. The van der Waals surface area contributed by atoms with Crippen molar-refractivity contribution in [2.24, 2.45) is 11.7 Å². The summed E-state index contributed by atoms with van der Waals surface area (Å²) in [7, 11) is 0. The summed E-state index contributed by atoms with van der Waals surface area (Å²) in [6, 6.07) is 6.10. The molecule has 1 rings (SSSR count). The van der Waals surface area contributed by atoms with E-state index in [2.05, 4.69) is 26.8 Å². The van der Waals surface area contributed by atoms with Crippen LogP contribution in [-0.4, -0.2) is 0 Å². The Morgan fingerprint density at radius 3 is 2.53 bits per heavy atom. The number of hydrogen-bond acceptors (Lipinski definition) is 1. The summed E-state index contributed by atoms with van der Waals surface area (Å²) in [5.41, 5.74) is 8.27. The quantitative estimate of drug-likeness (QED) is 0.831. The van der Waals surface area contributed by atoms with E-state index < -0.39 is 0 Å². The summed E-state index contributed by atoms with van der Waals surface area (Å²) in [6.45, 7) is 8.41. The summed E-state index contributed by atoms with van der Waals surface area (Å²) >= 11 is 6.11. The minimum Gasteiger partial charge on any atom is -0.321 e. The van der Waals surface area contributed by atoms with Gasteiger partial charge >= 0.3 is 0 Å². The average Bonchev–Trinajstić information content (AvgIpc) is 2.20. The number of rotatable bonds is 3. The van der Waals surface area contributed by atoms with E-state index in [0.717, 1.165) is 22.6 Å². The van der Waals surface area contributed by atoms with Gasteiger partial charge in [-0.15, -0.1) is 0 Å². The van der Waals surface area contributed by atoms with Gasteiger partial charge in [0.15, 0.2) is 0 Å². The predicted octanol–water partition coefficient (Wildman–Crippen LogP) is 3.87. The van der Waals surface area contributed by atoms with Crippen molar-refractivity contribution in [1.29, 1.82) is 0 Å². The van der Waals surface area contributed by atoms with Gasteiger partial charge in [0, 0.05) is 10.6 Å². The second-order valence-electron chi connectivity index (χ2n) is 4.56. The fourth-order valence-corrected chi connectivity index (χ4v) is 1.82. The predicted molar refractivity (Wildman–Crippen MR) is 67.2 cm³/mol. The molecule has 0 amide bonds. The van der Waals surface area contributed by atoms with Crippen LogP contribution in [0.4, 0.5) is 0 Å². The highest BCUT2D eigenvalue weighted by atomic mass is 35.5. The molecular formula is C13H20ClN. The van der Waals surface area contributed by atoms with Crippen molar-refractivity contribution >= 4 is 11.6 Å². The summed E-state index contributed by atoms with van der Waals surface area (Å²) in [5, 5.41) is 0.799. The molecule has 2 unspecified atom stereocenters. The highest BCUT2D eigenvalue weighted by Crippen LogP contribution is 2.31. The van der Waals surface area contributed by atoms with Crippen molar-refractivity contribution < 1.29 is 0 Å². The third-order valence-corrected chi connectivity index (χ3v) is 3.84. The van der Waals surface area contributed by atoms with Crippen LogP contribution in [-0.2, 0) is 5.54 Å². The van der Waals surface area contributed by atoms with Gasteiger partial charge in [-0.1, -0.05) is 44.0 Å². The van der Waals surface area contributed by atoms with E-state index in [9.17, 15) is 0 Å². The fraction of sp³-hybridized carbons (Fsp3) is 0.538. The van der Waals surface area contributed by atoms with Crippen LogP contribution in [0.1, 0.15) is 38.3 Å². The molecule has 1 aromatic carbocycles. The topological polar surface area (TPSA) is 26.0 Å². The number of nitrogens with two attached hydrogens (primary N) is 1. The Bertz CT molecular complexity index is 344. The highest BCUT2D eigenvalue weighted by Gasteiger charge is 2.27. The van der Waals surface area contributed by atoms with Gasteiger partial charge in [-0.05, 0) is 37.0 Å². The lowest BCUT2D eigenvalue weighted by Gasteiger charge is -2.32. The zero-order chi connectivity index (χ0) is 11.6. The molecule has 0 saturated carbocycles. The van der Waals surface area contributed by atoms with Crippen LogP contribution >= 0.6 is 11.6 Å².